The number of rotatable bonds is 3. The molecule has 104 valence electrons. The van der Waals surface area contributed by atoms with Crippen molar-refractivity contribution in [3.8, 4) is 0 Å². The molecule has 2 aromatic carbocycles. The molecule has 2 aromatic rings. The zero-order valence-electron chi connectivity index (χ0n) is 11.3. The van der Waals surface area contributed by atoms with E-state index in [0.717, 1.165) is 0 Å². The third kappa shape index (κ3) is 2.97. The highest BCUT2D eigenvalue weighted by Crippen LogP contribution is 2.30. The van der Waals surface area contributed by atoms with Crippen molar-refractivity contribution in [1.29, 1.82) is 0 Å². The monoisotopic (exact) mass is 307 g/mol. The summed E-state index contributed by atoms with van der Waals surface area (Å²) in [7, 11) is 0. The highest BCUT2D eigenvalue weighted by Gasteiger charge is 2.16. The molecule has 0 bridgehead atoms. The van der Waals surface area contributed by atoms with Crippen LogP contribution in [-0.4, -0.2) is 5.78 Å². The van der Waals surface area contributed by atoms with Gasteiger partial charge in [0.2, 0.25) is 0 Å². The number of hydrogen-bond donors (Lipinski definition) is 1. The Kier molecular flexibility index (Phi) is 4.36. The fourth-order valence-corrected chi connectivity index (χ4v) is 2.37. The normalized spacial score (nSPS) is 10.8. The van der Waals surface area contributed by atoms with Crippen LogP contribution < -0.4 is 5.73 Å². The van der Waals surface area contributed by atoms with E-state index in [-0.39, 0.29) is 15.8 Å². The highest BCUT2D eigenvalue weighted by atomic mass is 35.5. The molecule has 2 rings (SSSR count). The summed E-state index contributed by atoms with van der Waals surface area (Å²) in [5.74, 6) is 0.240. The Morgan fingerprint density at radius 2 is 1.70 bits per heavy atom. The van der Waals surface area contributed by atoms with Crippen LogP contribution in [0.5, 0.6) is 0 Å². The van der Waals surface area contributed by atoms with Crippen LogP contribution in [0.25, 0.3) is 0 Å². The Hall–Kier alpha value is -1.51. The van der Waals surface area contributed by atoms with Gasteiger partial charge in [0.15, 0.2) is 5.78 Å². The van der Waals surface area contributed by atoms with Gasteiger partial charge >= 0.3 is 0 Å². The molecule has 0 radical (unpaired) electrons. The molecule has 0 saturated carbocycles. The molecule has 4 heteroatoms. The summed E-state index contributed by atoms with van der Waals surface area (Å²) in [5, 5.41) is 0.521. The van der Waals surface area contributed by atoms with E-state index in [2.05, 4.69) is 13.8 Å². The average Bonchev–Trinajstić information content (AvgIpc) is 2.42. The van der Waals surface area contributed by atoms with Crippen molar-refractivity contribution in [3.05, 3.63) is 63.1 Å². The fraction of sp³-hybridized carbons (Fsp3) is 0.188. The first-order valence-corrected chi connectivity index (χ1v) is 7.05. The van der Waals surface area contributed by atoms with Gasteiger partial charge in [0, 0.05) is 16.8 Å². The first-order valence-electron chi connectivity index (χ1n) is 6.29. The number of nitrogen functional groups attached to an aromatic ring is 1. The van der Waals surface area contributed by atoms with Crippen LogP contribution in [0.4, 0.5) is 5.69 Å². The predicted octanol–water partition coefficient (Wildman–Crippen LogP) is 4.93. The van der Waals surface area contributed by atoms with Crippen molar-refractivity contribution in [1.82, 2.24) is 0 Å². The van der Waals surface area contributed by atoms with Crippen molar-refractivity contribution in [2.45, 2.75) is 19.8 Å². The molecule has 0 aliphatic rings. The summed E-state index contributed by atoms with van der Waals surface area (Å²) in [4.78, 5) is 12.5. The second kappa shape index (κ2) is 5.86. The minimum atomic E-state index is -0.181. The molecule has 0 amide bonds. The molecular formula is C16H15Cl2NO. The largest absolute Gasteiger partial charge is 0.399 e. The van der Waals surface area contributed by atoms with Gasteiger partial charge in [-0.2, -0.15) is 0 Å². The lowest BCUT2D eigenvalue weighted by molar-refractivity contribution is 0.103. The van der Waals surface area contributed by atoms with Crippen molar-refractivity contribution in [2.24, 2.45) is 0 Å². The molecular weight excluding hydrogens is 293 g/mol. The van der Waals surface area contributed by atoms with E-state index in [1.807, 2.05) is 12.1 Å². The first kappa shape index (κ1) is 14.9. The fourth-order valence-electron chi connectivity index (χ4n) is 1.95. The Balaban J connectivity index is 2.41. The van der Waals surface area contributed by atoms with Gasteiger partial charge in [0.1, 0.15) is 0 Å². The zero-order valence-corrected chi connectivity index (χ0v) is 12.8. The van der Waals surface area contributed by atoms with E-state index in [1.165, 1.54) is 11.6 Å². The molecule has 0 heterocycles. The molecule has 2 N–H and O–H groups in total. The van der Waals surface area contributed by atoms with Crippen molar-refractivity contribution in [2.75, 3.05) is 5.73 Å². The Bertz CT molecular complexity index is 648. The number of carbonyl (C=O) groups is 1. The maximum atomic E-state index is 12.5. The van der Waals surface area contributed by atoms with Crippen LogP contribution >= 0.6 is 23.2 Å². The summed E-state index contributed by atoms with van der Waals surface area (Å²) in [6.07, 6.45) is 0. The Labute approximate surface area is 128 Å². The smallest absolute Gasteiger partial charge is 0.194 e. The van der Waals surface area contributed by atoms with Gasteiger partial charge in [0.25, 0.3) is 0 Å². The van der Waals surface area contributed by atoms with Crippen LogP contribution in [0.3, 0.4) is 0 Å². The molecule has 0 atom stereocenters. The number of ketones is 1. The van der Waals surface area contributed by atoms with Crippen LogP contribution in [0.1, 0.15) is 41.3 Å². The third-order valence-corrected chi connectivity index (χ3v) is 3.94. The van der Waals surface area contributed by atoms with Gasteiger partial charge in [-0.15, -0.1) is 0 Å². The summed E-state index contributed by atoms with van der Waals surface area (Å²) < 4.78 is 0. The molecule has 0 fully saturated rings. The van der Waals surface area contributed by atoms with E-state index in [9.17, 15) is 4.79 Å². The summed E-state index contributed by atoms with van der Waals surface area (Å²) in [6.45, 7) is 4.21. The Morgan fingerprint density at radius 3 is 2.25 bits per heavy atom. The van der Waals surface area contributed by atoms with Gasteiger partial charge < -0.3 is 5.73 Å². The molecule has 0 aromatic heterocycles. The number of nitrogens with two attached hydrogens (primary N) is 1. The topological polar surface area (TPSA) is 43.1 Å². The molecule has 0 unspecified atom stereocenters. The number of hydrogen-bond acceptors (Lipinski definition) is 2. The highest BCUT2D eigenvalue weighted by molar-refractivity contribution is 6.44. The second-order valence-electron chi connectivity index (χ2n) is 4.97. The second-order valence-corrected chi connectivity index (χ2v) is 5.76. The van der Waals surface area contributed by atoms with Crippen LogP contribution in [-0.2, 0) is 0 Å². The summed E-state index contributed by atoms with van der Waals surface area (Å²) in [5.41, 5.74) is 8.21. The molecule has 0 spiro atoms. The maximum Gasteiger partial charge on any atom is 0.194 e. The standard InChI is InChI=1S/C16H15Cl2NO/c1-9(2)10-3-5-11(6-4-10)16(20)13-7-12(19)8-14(17)15(13)18/h3-9H,19H2,1-2H3. The van der Waals surface area contributed by atoms with E-state index < -0.39 is 0 Å². The quantitative estimate of drug-likeness (QED) is 0.645. The van der Waals surface area contributed by atoms with Crippen LogP contribution in [0.15, 0.2) is 36.4 Å². The summed E-state index contributed by atoms with van der Waals surface area (Å²) in [6, 6.07) is 10.6. The number of benzene rings is 2. The zero-order chi connectivity index (χ0) is 14.9. The minimum Gasteiger partial charge on any atom is -0.399 e. The van der Waals surface area contributed by atoms with Gasteiger partial charge in [-0.3, -0.25) is 4.79 Å². The molecule has 0 saturated heterocycles. The van der Waals surface area contributed by atoms with Crippen LogP contribution in [0.2, 0.25) is 10.0 Å². The van der Waals surface area contributed by atoms with Gasteiger partial charge in [-0.1, -0.05) is 61.3 Å². The van der Waals surface area contributed by atoms with E-state index in [0.29, 0.717) is 22.7 Å². The number of anilines is 1. The lowest BCUT2D eigenvalue weighted by Crippen LogP contribution is -2.04. The van der Waals surface area contributed by atoms with E-state index >= 15 is 0 Å². The predicted molar refractivity (Wildman–Crippen MR) is 84.8 cm³/mol. The van der Waals surface area contributed by atoms with Crippen LogP contribution in [0, 0.1) is 0 Å². The number of carbonyl (C=O) groups excluding carboxylic acids is 1. The minimum absolute atomic E-state index is 0.181. The van der Waals surface area contributed by atoms with Gasteiger partial charge in [0.05, 0.1) is 10.0 Å². The Morgan fingerprint density at radius 1 is 1.10 bits per heavy atom. The summed E-state index contributed by atoms with van der Waals surface area (Å²) >= 11 is 12.0. The molecule has 0 aliphatic heterocycles. The third-order valence-electron chi connectivity index (χ3n) is 3.13. The molecule has 2 nitrogen and oxygen atoms in total. The molecule has 0 aliphatic carbocycles. The lowest BCUT2D eigenvalue weighted by atomic mass is 9.98. The van der Waals surface area contributed by atoms with Crippen molar-refractivity contribution < 1.29 is 4.79 Å². The van der Waals surface area contributed by atoms with E-state index in [4.69, 9.17) is 28.9 Å². The average molecular weight is 308 g/mol. The number of halogens is 2. The lowest BCUT2D eigenvalue weighted by Gasteiger charge is -2.09. The molecule has 20 heavy (non-hydrogen) atoms. The SMILES string of the molecule is CC(C)c1ccc(C(=O)c2cc(N)cc(Cl)c2Cl)cc1. The van der Waals surface area contributed by atoms with Gasteiger partial charge in [-0.25, -0.2) is 0 Å². The maximum absolute atomic E-state index is 12.5. The first-order chi connectivity index (χ1) is 9.40. The van der Waals surface area contributed by atoms with Gasteiger partial charge in [-0.05, 0) is 23.6 Å². The van der Waals surface area contributed by atoms with E-state index in [1.54, 1.807) is 18.2 Å². The van der Waals surface area contributed by atoms with Crippen molar-refractivity contribution >= 4 is 34.7 Å². The van der Waals surface area contributed by atoms with Crippen molar-refractivity contribution in [3.63, 3.8) is 0 Å².